The number of halogens is 4. The number of hydrogen-bond donors (Lipinski definition) is 4. The first-order valence-electron chi connectivity index (χ1n) is 12.7. The molecule has 220 valence electrons. The fourth-order valence-corrected chi connectivity index (χ4v) is 4.69. The summed E-state index contributed by atoms with van der Waals surface area (Å²) in [5, 5.41) is 39.7. The van der Waals surface area contributed by atoms with Crippen molar-refractivity contribution in [1.82, 2.24) is 0 Å². The van der Waals surface area contributed by atoms with Gasteiger partial charge in [0.15, 0.2) is 0 Å². The summed E-state index contributed by atoms with van der Waals surface area (Å²) in [4.78, 5) is 3.10. The van der Waals surface area contributed by atoms with E-state index in [-0.39, 0.29) is 0 Å². The van der Waals surface area contributed by atoms with Gasteiger partial charge in [-0.1, -0.05) is 46.4 Å². The number of anilines is 2. The number of aliphatic hydroxyl groups is 4. The summed E-state index contributed by atoms with van der Waals surface area (Å²) in [7, 11) is 0. The van der Waals surface area contributed by atoms with Gasteiger partial charge in [-0.05, 0) is 76.2 Å². The number of rotatable bonds is 16. The van der Waals surface area contributed by atoms with Crippen LogP contribution in [-0.2, 0) is 0 Å². The molecule has 0 aliphatic rings. The summed E-state index contributed by atoms with van der Waals surface area (Å²) in [6.07, 6.45) is -2.88. The lowest BCUT2D eigenvalue weighted by Crippen LogP contribution is -2.47. The van der Waals surface area contributed by atoms with Crippen molar-refractivity contribution < 1.29 is 29.9 Å². The third kappa shape index (κ3) is 9.90. The van der Waals surface area contributed by atoms with E-state index in [1.165, 1.54) is 0 Å². The number of nitrogens with zero attached hydrogens (tertiary/aromatic N) is 2. The molecule has 0 aromatic heterocycles. The Labute approximate surface area is 250 Å². The minimum Gasteiger partial charge on any atom is -0.493 e. The Hall–Kier alpha value is -1.36. The molecule has 39 heavy (non-hydrogen) atoms. The van der Waals surface area contributed by atoms with E-state index >= 15 is 0 Å². The van der Waals surface area contributed by atoms with E-state index in [0.717, 1.165) is 0 Å². The number of hydrogen-bond acceptors (Lipinski definition) is 8. The van der Waals surface area contributed by atoms with Crippen LogP contribution in [0.15, 0.2) is 48.5 Å². The summed E-state index contributed by atoms with van der Waals surface area (Å²) in [6.45, 7) is 7.04. The van der Waals surface area contributed by atoms with Crippen LogP contribution in [0, 0.1) is 0 Å². The Balaban J connectivity index is 1.89. The molecule has 2 aromatic rings. The first-order valence-corrected chi connectivity index (χ1v) is 14.4. The van der Waals surface area contributed by atoms with Gasteiger partial charge in [0.25, 0.3) is 0 Å². The van der Waals surface area contributed by atoms with Gasteiger partial charge in [-0.3, -0.25) is 0 Å². The molecule has 0 radical (unpaired) electrons. The predicted octanol–water partition coefficient (Wildman–Crippen LogP) is 4.93. The number of alkyl halides is 4. The topological polar surface area (TPSA) is 106 Å². The van der Waals surface area contributed by atoms with Crippen LogP contribution in [0.4, 0.5) is 11.4 Å². The Morgan fingerprint density at radius 2 is 0.795 bits per heavy atom. The van der Waals surface area contributed by atoms with Gasteiger partial charge in [0.2, 0.25) is 0 Å². The Bertz CT molecular complexity index is 860. The van der Waals surface area contributed by atoms with Crippen molar-refractivity contribution in [1.29, 1.82) is 0 Å². The van der Waals surface area contributed by atoms with E-state index in [1.54, 1.807) is 86.0 Å². The van der Waals surface area contributed by atoms with Crippen molar-refractivity contribution in [2.45, 2.75) is 80.5 Å². The molecule has 0 spiro atoms. The normalized spacial score (nSPS) is 17.7. The third-order valence-corrected chi connectivity index (χ3v) is 8.05. The molecule has 0 saturated heterocycles. The van der Waals surface area contributed by atoms with Crippen LogP contribution in [0.2, 0.25) is 0 Å². The van der Waals surface area contributed by atoms with E-state index in [0.29, 0.717) is 42.5 Å². The fourth-order valence-electron chi connectivity index (χ4n) is 3.64. The van der Waals surface area contributed by atoms with E-state index in [1.807, 2.05) is 0 Å². The average molecular weight is 628 g/mol. The maximum Gasteiger partial charge on any atom is 0.131 e. The highest BCUT2D eigenvalue weighted by Gasteiger charge is 2.31. The van der Waals surface area contributed by atoms with Crippen LogP contribution in [0.25, 0.3) is 0 Å². The Kier molecular flexibility index (Phi) is 14.0. The molecule has 2 aromatic carbocycles. The van der Waals surface area contributed by atoms with Gasteiger partial charge >= 0.3 is 0 Å². The summed E-state index contributed by atoms with van der Waals surface area (Å²) >= 11 is 25.4. The quantitative estimate of drug-likeness (QED) is 0.118. The highest BCUT2D eigenvalue weighted by atomic mass is 35.5. The molecule has 0 heterocycles. The molecule has 0 saturated carbocycles. The average Bonchev–Trinajstić information content (AvgIpc) is 2.89. The minimum absolute atomic E-state index is 0.414. The van der Waals surface area contributed by atoms with E-state index in [2.05, 4.69) is 0 Å². The second kappa shape index (κ2) is 16.2. The third-order valence-electron chi connectivity index (χ3n) is 5.75. The SMILES string of the molecule is CC(O)C(Cl)N(c1ccc(OCCCOc2ccc(N(C(Cl)C(C)O)C(Cl)C(C)O)cc2)cc1)C(Cl)C(C)O. The van der Waals surface area contributed by atoms with Crippen LogP contribution in [0.3, 0.4) is 0 Å². The maximum absolute atomic E-state index is 9.93. The molecular formula is C27H38Cl4N2O6. The van der Waals surface area contributed by atoms with Crippen LogP contribution < -0.4 is 19.3 Å². The van der Waals surface area contributed by atoms with E-state index in [4.69, 9.17) is 55.9 Å². The van der Waals surface area contributed by atoms with Crippen molar-refractivity contribution in [2.24, 2.45) is 0 Å². The lowest BCUT2D eigenvalue weighted by atomic mass is 10.2. The highest BCUT2D eigenvalue weighted by Crippen LogP contribution is 2.30. The molecule has 0 aliphatic heterocycles. The molecule has 0 aliphatic carbocycles. The van der Waals surface area contributed by atoms with Gasteiger partial charge < -0.3 is 39.7 Å². The molecular weight excluding hydrogens is 590 g/mol. The van der Waals surface area contributed by atoms with Gasteiger partial charge in [-0.2, -0.15) is 0 Å². The second-order valence-electron chi connectivity index (χ2n) is 9.31. The smallest absolute Gasteiger partial charge is 0.131 e. The zero-order valence-corrected chi connectivity index (χ0v) is 25.4. The summed E-state index contributed by atoms with van der Waals surface area (Å²) in [6, 6.07) is 14.1. The zero-order chi connectivity index (χ0) is 29.3. The van der Waals surface area contributed by atoms with Gasteiger partial charge in [-0.15, -0.1) is 0 Å². The summed E-state index contributed by atoms with van der Waals surface area (Å²) < 4.78 is 11.6. The van der Waals surface area contributed by atoms with Gasteiger partial charge in [0.05, 0.1) is 37.6 Å². The van der Waals surface area contributed by atoms with Crippen molar-refractivity contribution in [3.05, 3.63) is 48.5 Å². The van der Waals surface area contributed by atoms with Crippen LogP contribution in [-0.4, -0.2) is 80.1 Å². The summed E-state index contributed by atoms with van der Waals surface area (Å²) in [5.74, 6) is 1.27. The van der Waals surface area contributed by atoms with Crippen LogP contribution >= 0.6 is 46.4 Å². The molecule has 4 N–H and O–H groups in total. The van der Waals surface area contributed by atoms with Crippen molar-refractivity contribution in [3.8, 4) is 11.5 Å². The first kappa shape index (κ1) is 33.8. The monoisotopic (exact) mass is 626 g/mol. The first-order chi connectivity index (χ1) is 18.3. The predicted molar refractivity (Wildman–Crippen MR) is 159 cm³/mol. The van der Waals surface area contributed by atoms with Crippen LogP contribution in [0.5, 0.6) is 11.5 Å². The zero-order valence-electron chi connectivity index (χ0n) is 22.4. The van der Waals surface area contributed by atoms with Crippen molar-refractivity contribution in [3.63, 3.8) is 0 Å². The summed E-state index contributed by atoms with van der Waals surface area (Å²) in [5.41, 5.74) is -2.03. The lowest BCUT2D eigenvalue weighted by molar-refractivity contribution is 0.159. The van der Waals surface area contributed by atoms with Crippen molar-refractivity contribution >= 4 is 57.8 Å². The van der Waals surface area contributed by atoms with Gasteiger partial charge in [0.1, 0.15) is 33.5 Å². The minimum atomic E-state index is -0.874. The Morgan fingerprint density at radius 1 is 0.538 bits per heavy atom. The van der Waals surface area contributed by atoms with Crippen molar-refractivity contribution in [2.75, 3.05) is 23.0 Å². The van der Waals surface area contributed by atoms with E-state index in [9.17, 15) is 20.4 Å². The largest absolute Gasteiger partial charge is 0.493 e. The van der Waals surface area contributed by atoms with Gasteiger partial charge in [-0.25, -0.2) is 0 Å². The Morgan fingerprint density at radius 3 is 1.03 bits per heavy atom. The molecule has 2 rings (SSSR count). The standard InChI is InChI=1S/C27H38Cl4N2O6/c1-16(34)24(28)32(25(29)17(2)35)20-6-10-22(11-7-20)38-14-5-15-39-23-12-8-21(9-13-23)33(26(30)18(3)36)27(31)19(4)37/h6-13,16-19,24-27,34-37H,5,14-15H2,1-4H3. The molecule has 8 atom stereocenters. The molecule has 12 heteroatoms. The highest BCUT2D eigenvalue weighted by molar-refractivity contribution is 6.26. The molecule has 0 bridgehead atoms. The fraction of sp³-hybridized carbons (Fsp3) is 0.556. The molecule has 0 fully saturated rings. The van der Waals surface area contributed by atoms with Crippen LogP contribution in [0.1, 0.15) is 34.1 Å². The maximum atomic E-state index is 9.93. The molecule has 8 unspecified atom stereocenters. The number of ether oxygens (including phenoxy) is 2. The number of aliphatic hydroxyl groups excluding tert-OH is 4. The van der Waals surface area contributed by atoms with Gasteiger partial charge in [0, 0.05) is 17.8 Å². The van der Waals surface area contributed by atoms with E-state index < -0.39 is 46.4 Å². The second-order valence-corrected chi connectivity index (χ2v) is 11.1. The molecule has 8 nitrogen and oxygen atoms in total. The number of benzene rings is 2. The molecule has 0 amide bonds. The lowest BCUT2D eigenvalue weighted by Gasteiger charge is -2.36.